The zero-order valence-corrected chi connectivity index (χ0v) is 19.9. The van der Waals surface area contributed by atoms with Gasteiger partial charge in [-0.1, -0.05) is 30.3 Å². The van der Waals surface area contributed by atoms with Gasteiger partial charge in [0.25, 0.3) is 11.8 Å². The first-order valence-electron chi connectivity index (χ1n) is 11.3. The van der Waals surface area contributed by atoms with Crippen LogP contribution in [-0.4, -0.2) is 51.6 Å². The molecule has 1 heterocycles. The van der Waals surface area contributed by atoms with Gasteiger partial charge in [-0.3, -0.25) is 24.1 Å². The summed E-state index contributed by atoms with van der Waals surface area (Å²) < 4.78 is 14.3. The van der Waals surface area contributed by atoms with Crippen molar-refractivity contribution in [3.63, 3.8) is 0 Å². The predicted octanol–water partition coefficient (Wildman–Crippen LogP) is 3.53. The van der Waals surface area contributed by atoms with Gasteiger partial charge in [0.05, 0.1) is 11.1 Å². The number of carbonyl (C=O) groups excluding carboxylic acids is 4. The molecule has 2 aromatic carbocycles. The van der Waals surface area contributed by atoms with Crippen molar-refractivity contribution < 1.29 is 23.6 Å². The van der Waals surface area contributed by atoms with Gasteiger partial charge in [-0.05, 0) is 52.3 Å². The number of fused-ring (bicyclic) bond motifs is 1. The molecule has 0 aliphatic carbocycles. The van der Waals surface area contributed by atoms with E-state index in [1.165, 1.54) is 11.0 Å². The van der Waals surface area contributed by atoms with E-state index in [4.69, 9.17) is 0 Å². The van der Waals surface area contributed by atoms with Crippen LogP contribution in [0, 0.1) is 5.82 Å². The molecule has 1 N–H and O–H groups in total. The van der Waals surface area contributed by atoms with Gasteiger partial charge in [0, 0.05) is 30.6 Å². The summed E-state index contributed by atoms with van der Waals surface area (Å²) in [4.78, 5) is 53.5. The van der Waals surface area contributed by atoms with Crippen LogP contribution in [0.25, 0.3) is 0 Å². The van der Waals surface area contributed by atoms with Gasteiger partial charge in [0.2, 0.25) is 11.8 Å². The topological polar surface area (TPSA) is 86.8 Å². The number of nitrogens with zero attached hydrogens (tertiary/aromatic N) is 2. The average molecular weight is 468 g/mol. The first-order valence-corrected chi connectivity index (χ1v) is 11.3. The van der Waals surface area contributed by atoms with Gasteiger partial charge < -0.3 is 10.2 Å². The number of imide groups is 1. The van der Waals surface area contributed by atoms with Gasteiger partial charge >= 0.3 is 0 Å². The largest absolute Gasteiger partial charge is 0.350 e. The summed E-state index contributed by atoms with van der Waals surface area (Å²) in [6, 6.07) is 11.9. The van der Waals surface area contributed by atoms with Crippen molar-refractivity contribution >= 4 is 23.6 Å². The molecule has 0 saturated heterocycles. The summed E-state index contributed by atoms with van der Waals surface area (Å²) in [6.45, 7) is 7.11. The molecule has 3 rings (SSSR count). The average Bonchev–Trinajstić information content (AvgIpc) is 3.02. The van der Waals surface area contributed by atoms with Crippen LogP contribution in [0.5, 0.6) is 0 Å². The Labute approximate surface area is 198 Å². The molecule has 0 unspecified atom stereocenters. The maximum absolute atomic E-state index is 14.3. The van der Waals surface area contributed by atoms with Crippen molar-refractivity contribution in [2.75, 3.05) is 6.54 Å². The Morgan fingerprint density at radius 2 is 1.56 bits per heavy atom. The minimum Gasteiger partial charge on any atom is -0.350 e. The Balaban J connectivity index is 1.70. The second-order valence-electron chi connectivity index (χ2n) is 9.44. The quantitative estimate of drug-likeness (QED) is 0.602. The third kappa shape index (κ3) is 5.68. The predicted molar refractivity (Wildman–Crippen MR) is 125 cm³/mol. The maximum atomic E-state index is 14.3. The maximum Gasteiger partial charge on any atom is 0.261 e. The van der Waals surface area contributed by atoms with Crippen LogP contribution >= 0.6 is 0 Å². The summed E-state index contributed by atoms with van der Waals surface area (Å²) in [7, 11) is 0. The number of hydrogen-bond acceptors (Lipinski definition) is 4. The normalized spacial score (nSPS) is 14.1. The van der Waals surface area contributed by atoms with Gasteiger partial charge in [-0.15, -0.1) is 0 Å². The second-order valence-corrected chi connectivity index (χ2v) is 9.44. The molecule has 0 radical (unpaired) electrons. The van der Waals surface area contributed by atoms with Crippen molar-refractivity contribution in [1.82, 2.24) is 15.1 Å². The minimum atomic E-state index is -0.842. The summed E-state index contributed by atoms with van der Waals surface area (Å²) in [5, 5.41) is 2.85. The number of nitrogens with one attached hydrogen (secondary N) is 1. The van der Waals surface area contributed by atoms with Crippen LogP contribution in [0.2, 0.25) is 0 Å². The molecule has 1 aliphatic rings. The lowest BCUT2D eigenvalue weighted by atomic mass is 10.1. The van der Waals surface area contributed by atoms with Crippen molar-refractivity contribution in [2.45, 2.75) is 58.7 Å². The number of halogens is 1. The summed E-state index contributed by atoms with van der Waals surface area (Å²) in [6.07, 6.45) is 0.223. The lowest BCUT2D eigenvalue weighted by Crippen LogP contribution is -2.52. The standard InChI is InChI=1S/C26H30FN3O4/c1-17(23(32)28-26(2,3)4)30(16-18-10-5-8-13-21(18)27)22(31)14-9-15-29-24(33)19-11-6-7-12-20(19)25(29)34/h5-8,10-13,17H,9,14-16H2,1-4H3,(H,28,32)/t17-/m0/s1. The number of amides is 4. The molecule has 2 aromatic rings. The molecule has 34 heavy (non-hydrogen) atoms. The Kier molecular flexibility index (Phi) is 7.49. The lowest BCUT2D eigenvalue weighted by Gasteiger charge is -2.31. The second kappa shape index (κ2) is 10.2. The van der Waals surface area contributed by atoms with E-state index in [1.807, 2.05) is 20.8 Å². The molecule has 7 nitrogen and oxygen atoms in total. The van der Waals surface area contributed by atoms with Crippen LogP contribution in [0.4, 0.5) is 4.39 Å². The van der Waals surface area contributed by atoms with E-state index in [-0.39, 0.29) is 49.6 Å². The van der Waals surface area contributed by atoms with E-state index in [0.717, 1.165) is 4.90 Å². The first-order chi connectivity index (χ1) is 16.0. The van der Waals surface area contributed by atoms with Crippen molar-refractivity contribution in [3.8, 4) is 0 Å². The van der Waals surface area contributed by atoms with E-state index in [2.05, 4.69) is 5.32 Å². The third-order valence-electron chi connectivity index (χ3n) is 5.61. The van der Waals surface area contributed by atoms with Crippen molar-refractivity contribution in [2.24, 2.45) is 0 Å². The molecule has 4 amide bonds. The van der Waals surface area contributed by atoms with Gasteiger partial charge in [-0.2, -0.15) is 0 Å². The molecular formula is C26H30FN3O4. The Morgan fingerprint density at radius 1 is 1.00 bits per heavy atom. The number of hydrogen-bond donors (Lipinski definition) is 1. The summed E-state index contributed by atoms with van der Waals surface area (Å²) >= 11 is 0. The molecule has 8 heteroatoms. The molecule has 1 aliphatic heterocycles. The molecule has 0 aromatic heterocycles. The van der Waals surface area contributed by atoms with E-state index in [1.54, 1.807) is 49.4 Å². The van der Waals surface area contributed by atoms with Crippen LogP contribution in [0.1, 0.15) is 66.8 Å². The molecule has 1 atom stereocenters. The van der Waals surface area contributed by atoms with Crippen molar-refractivity contribution in [3.05, 3.63) is 71.0 Å². The van der Waals surface area contributed by atoms with Crippen LogP contribution in [0.15, 0.2) is 48.5 Å². The number of benzene rings is 2. The van der Waals surface area contributed by atoms with E-state index < -0.39 is 17.4 Å². The van der Waals surface area contributed by atoms with E-state index in [0.29, 0.717) is 16.7 Å². The fourth-order valence-corrected chi connectivity index (χ4v) is 3.84. The van der Waals surface area contributed by atoms with E-state index in [9.17, 15) is 23.6 Å². The molecule has 180 valence electrons. The third-order valence-corrected chi connectivity index (χ3v) is 5.61. The summed E-state index contributed by atoms with van der Waals surface area (Å²) in [5.41, 5.74) is 0.510. The highest BCUT2D eigenvalue weighted by atomic mass is 19.1. The SMILES string of the molecule is C[C@@H](C(=O)NC(C)(C)C)N(Cc1ccccc1F)C(=O)CCCN1C(=O)c2ccccc2C1=O. The highest BCUT2D eigenvalue weighted by Crippen LogP contribution is 2.23. The van der Waals surface area contributed by atoms with Crippen molar-refractivity contribution in [1.29, 1.82) is 0 Å². The first kappa shape index (κ1) is 25.1. The van der Waals surface area contributed by atoms with Gasteiger partial charge in [0.1, 0.15) is 11.9 Å². The molecule has 0 fully saturated rings. The fourth-order valence-electron chi connectivity index (χ4n) is 3.84. The van der Waals surface area contributed by atoms with Gasteiger partial charge in [0.15, 0.2) is 0 Å². The fraction of sp³-hybridized carbons (Fsp3) is 0.385. The van der Waals surface area contributed by atoms with Gasteiger partial charge in [-0.25, -0.2) is 4.39 Å². The zero-order chi connectivity index (χ0) is 25.0. The summed E-state index contributed by atoms with van der Waals surface area (Å²) in [5.74, 6) is -1.94. The number of carbonyl (C=O) groups is 4. The van der Waals surface area contributed by atoms with Crippen LogP contribution < -0.4 is 5.32 Å². The molecule has 0 bridgehead atoms. The highest BCUT2D eigenvalue weighted by Gasteiger charge is 2.35. The Hall–Kier alpha value is -3.55. The minimum absolute atomic E-state index is 0.00496. The monoisotopic (exact) mass is 467 g/mol. The molecule has 0 saturated carbocycles. The molecular weight excluding hydrogens is 437 g/mol. The van der Waals surface area contributed by atoms with Crippen LogP contribution in [-0.2, 0) is 16.1 Å². The highest BCUT2D eigenvalue weighted by molar-refractivity contribution is 6.21. The lowest BCUT2D eigenvalue weighted by molar-refractivity contribution is -0.141. The van der Waals surface area contributed by atoms with E-state index >= 15 is 0 Å². The smallest absolute Gasteiger partial charge is 0.261 e. The number of rotatable bonds is 8. The Morgan fingerprint density at radius 3 is 2.12 bits per heavy atom. The Bertz CT molecular complexity index is 1070. The van der Waals surface area contributed by atoms with Crippen LogP contribution in [0.3, 0.4) is 0 Å². The molecule has 0 spiro atoms. The zero-order valence-electron chi connectivity index (χ0n) is 19.9.